The lowest BCUT2D eigenvalue weighted by Crippen LogP contribution is -2.47. The van der Waals surface area contributed by atoms with Gasteiger partial charge in [-0.2, -0.15) is 0 Å². The molecule has 0 amide bonds. The van der Waals surface area contributed by atoms with E-state index in [0.717, 1.165) is 38.5 Å². The third-order valence-corrected chi connectivity index (χ3v) is 7.19. The zero-order chi connectivity index (χ0) is 19.5. The van der Waals surface area contributed by atoms with Gasteiger partial charge in [0.15, 0.2) is 5.82 Å². The van der Waals surface area contributed by atoms with Crippen LogP contribution in [0.1, 0.15) is 54.0 Å². The Hall–Kier alpha value is -2.09. The third-order valence-electron chi connectivity index (χ3n) is 6.27. The minimum absolute atomic E-state index is 0.157. The molecule has 0 unspecified atom stereocenters. The first-order valence-electron chi connectivity index (χ1n) is 10.7. The second kappa shape index (κ2) is 8.73. The Balaban J connectivity index is 1.34. The first-order chi connectivity index (χ1) is 14.4. The van der Waals surface area contributed by atoms with Gasteiger partial charge in [-0.3, -0.25) is 9.80 Å². The summed E-state index contributed by atoms with van der Waals surface area (Å²) in [6.07, 6.45) is 4.96. The second-order valence-electron chi connectivity index (χ2n) is 8.14. The van der Waals surface area contributed by atoms with Crippen molar-refractivity contribution in [3.8, 4) is 0 Å². The van der Waals surface area contributed by atoms with E-state index in [4.69, 9.17) is 0 Å². The van der Waals surface area contributed by atoms with Crippen molar-refractivity contribution in [3.05, 3.63) is 64.1 Å². The molecular formula is C22H28N6S. The van der Waals surface area contributed by atoms with Crippen LogP contribution in [0.25, 0.3) is 0 Å². The molecule has 7 heteroatoms. The van der Waals surface area contributed by atoms with Crippen molar-refractivity contribution in [1.82, 2.24) is 30.0 Å². The van der Waals surface area contributed by atoms with Gasteiger partial charge in [0.25, 0.3) is 0 Å². The van der Waals surface area contributed by atoms with Gasteiger partial charge in [-0.1, -0.05) is 49.2 Å². The molecule has 1 aromatic carbocycles. The standard InChI is InChI=1S/C22H28N6S/c1-2-7-18(8-3-1)17-26-12-14-27(15-13-26)21(20-11-6-16-29-20)22-23-24-25-28(22)19-9-4-5-10-19/h1-3,6-8,11,16,19,21H,4-5,9-10,12-15,17H2/t21-/m0/s1. The number of tetrazole rings is 1. The highest BCUT2D eigenvalue weighted by atomic mass is 32.1. The van der Waals surface area contributed by atoms with E-state index in [2.05, 4.69) is 77.9 Å². The number of benzene rings is 1. The van der Waals surface area contributed by atoms with Crippen LogP contribution in [0.5, 0.6) is 0 Å². The highest BCUT2D eigenvalue weighted by Crippen LogP contribution is 2.35. The normalized spacial score (nSPS) is 20.3. The molecule has 1 atom stereocenters. The fourth-order valence-electron chi connectivity index (χ4n) is 4.73. The van der Waals surface area contributed by atoms with E-state index in [1.54, 1.807) is 0 Å². The summed E-state index contributed by atoms with van der Waals surface area (Å²) >= 11 is 1.81. The van der Waals surface area contributed by atoms with Crippen LogP contribution in [0.3, 0.4) is 0 Å². The molecule has 0 radical (unpaired) electrons. The number of hydrogen-bond donors (Lipinski definition) is 0. The Morgan fingerprint density at radius 2 is 1.76 bits per heavy atom. The molecule has 2 aromatic heterocycles. The first kappa shape index (κ1) is 18.9. The van der Waals surface area contributed by atoms with Crippen LogP contribution in [0.15, 0.2) is 47.8 Å². The molecule has 0 spiro atoms. The van der Waals surface area contributed by atoms with Crippen molar-refractivity contribution in [3.63, 3.8) is 0 Å². The summed E-state index contributed by atoms with van der Waals surface area (Å²) in [6, 6.07) is 15.8. The molecule has 3 aromatic rings. The SMILES string of the molecule is c1ccc(CN2CCN([C@@H](c3cccs3)c3nnnn3C3CCCC3)CC2)cc1. The molecule has 0 N–H and O–H groups in total. The predicted octanol–water partition coefficient (Wildman–Crippen LogP) is 3.76. The van der Waals surface area contributed by atoms with Crippen LogP contribution < -0.4 is 0 Å². The topological polar surface area (TPSA) is 50.1 Å². The number of rotatable bonds is 6. The Bertz CT molecular complexity index is 879. The van der Waals surface area contributed by atoms with E-state index in [1.807, 2.05) is 11.3 Å². The van der Waals surface area contributed by atoms with Crippen molar-refractivity contribution in [2.24, 2.45) is 0 Å². The average Bonchev–Trinajstić information content (AvgIpc) is 3.53. The van der Waals surface area contributed by atoms with E-state index < -0.39 is 0 Å². The minimum Gasteiger partial charge on any atom is -0.297 e. The molecule has 1 saturated carbocycles. The molecule has 152 valence electrons. The zero-order valence-electron chi connectivity index (χ0n) is 16.7. The summed E-state index contributed by atoms with van der Waals surface area (Å²) in [7, 11) is 0. The summed E-state index contributed by atoms with van der Waals surface area (Å²) in [4.78, 5) is 6.47. The molecule has 1 aliphatic carbocycles. The largest absolute Gasteiger partial charge is 0.297 e. The van der Waals surface area contributed by atoms with E-state index in [1.165, 1.54) is 36.1 Å². The summed E-state index contributed by atoms with van der Waals surface area (Å²) in [5.74, 6) is 1.02. The van der Waals surface area contributed by atoms with E-state index >= 15 is 0 Å². The maximum atomic E-state index is 4.53. The van der Waals surface area contributed by atoms with Gasteiger partial charge in [0.2, 0.25) is 0 Å². The number of hydrogen-bond acceptors (Lipinski definition) is 6. The number of aromatic nitrogens is 4. The number of nitrogens with zero attached hydrogens (tertiary/aromatic N) is 6. The van der Waals surface area contributed by atoms with Gasteiger partial charge >= 0.3 is 0 Å². The average molecular weight is 409 g/mol. The van der Waals surface area contributed by atoms with Crippen molar-refractivity contribution in [2.45, 2.75) is 44.3 Å². The minimum atomic E-state index is 0.157. The molecule has 2 fully saturated rings. The number of thiophene rings is 1. The Morgan fingerprint density at radius 1 is 0.966 bits per heavy atom. The fraction of sp³-hybridized carbons (Fsp3) is 0.500. The molecule has 2 aliphatic rings. The molecule has 1 saturated heterocycles. The smallest absolute Gasteiger partial charge is 0.174 e. The highest BCUT2D eigenvalue weighted by molar-refractivity contribution is 7.10. The van der Waals surface area contributed by atoms with Crippen molar-refractivity contribution < 1.29 is 0 Å². The lowest BCUT2D eigenvalue weighted by molar-refractivity contribution is 0.100. The molecule has 0 bridgehead atoms. The zero-order valence-corrected chi connectivity index (χ0v) is 17.5. The molecular weight excluding hydrogens is 380 g/mol. The third kappa shape index (κ3) is 4.13. The van der Waals surface area contributed by atoms with Crippen LogP contribution in [0.4, 0.5) is 0 Å². The Kier molecular flexibility index (Phi) is 5.69. The van der Waals surface area contributed by atoms with Gasteiger partial charge in [0.05, 0.1) is 6.04 Å². The highest BCUT2D eigenvalue weighted by Gasteiger charge is 2.33. The van der Waals surface area contributed by atoms with Crippen LogP contribution in [-0.2, 0) is 6.54 Å². The molecule has 29 heavy (non-hydrogen) atoms. The second-order valence-corrected chi connectivity index (χ2v) is 9.11. The van der Waals surface area contributed by atoms with Crippen molar-refractivity contribution in [2.75, 3.05) is 26.2 Å². The van der Waals surface area contributed by atoms with E-state index in [0.29, 0.717) is 6.04 Å². The first-order valence-corrected chi connectivity index (χ1v) is 11.6. The predicted molar refractivity (Wildman–Crippen MR) is 115 cm³/mol. The van der Waals surface area contributed by atoms with Crippen molar-refractivity contribution >= 4 is 11.3 Å². The maximum absolute atomic E-state index is 4.53. The molecule has 3 heterocycles. The summed E-state index contributed by atoms with van der Waals surface area (Å²) in [6.45, 7) is 5.24. The Morgan fingerprint density at radius 3 is 2.48 bits per heavy atom. The lowest BCUT2D eigenvalue weighted by Gasteiger charge is -2.38. The van der Waals surface area contributed by atoms with Gasteiger partial charge < -0.3 is 0 Å². The lowest BCUT2D eigenvalue weighted by atomic mass is 10.1. The van der Waals surface area contributed by atoms with E-state index in [-0.39, 0.29) is 6.04 Å². The van der Waals surface area contributed by atoms with Gasteiger partial charge in [-0.15, -0.1) is 16.4 Å². The molecule has 1 aliphatic heterocycles. The van der Waals surface area contributed by atoms with Gasteiger partial charge in [0, 0.05) is 37.6 Å². The molecule has 6 nitrogen and oxygen atoms in total. The van der Waals surface area contributed by atoms with Crippen LogP contribution in [0.2, 0.25) is 0 Å². The van der Waals surface area contributed by atoms with Crippen LogP contribution in [-0.4, -0.2) is 56.2 Å². The Labute approximate surface area is 176 Å². The monoisotopic (exact) mass is 408 g/mol. The number of piperazine rings is 1. The van der Waals surface area contributed by atoms with Crippen molar-refractivity contribution in [1.29, 1.82) is 0 Å². The maximum Gasteiger partial charge on any atom is 0.174 e. The quantitative estimate of drug-likeness (QED) is 0.622. The van der Waals surface area contributed by atoms with Gasteiger partial charge in [0.1, 0.15) is 6.04 Å². The van der Waals surface area contributed by atoms with E-state index in [9.17, 15) is 0 Å². The fourth-order valence-corrected chi connectivity index (χ4v) is 5.58. The summed E-state index contributed by atoms with van der Waals surface area (Å²) in [5, 5.41) is 15.2. The summed E-state index contributed by atoms with van der Waals surface area (Å²) < 4.78 is 2.13. The van der Waals surface area contributed by atoms with Gasteiger partial charge in [-0.25, -0.2) is 4.68 Å². The van der Waals surface area contributed by atoms with Gasteiger partial charge in [-0.05, 0) is 40.3 Å². The van der Waals surface area contributed by atoms with Crippen LogP contribution >= 0.6 is 11.3 Å². The summed E-state index contributed by atoms with van der Waals surface area (Å²) in [5.41, 5.74) is 1.39. The van der Waals surface area contributed by atoms with Crippen LogP contribution in [0, 0.1) is 0 Å². The molecule has 5 rings (SSSR count).